The fraction of sp³-hybridized carbons (Fsp3) is 0.783. The second-order valence-electron chi connectivity index (χ2n) is 8.47. The quantitative estimate of drug-likeness (QED) is 0.320. The lowest BCUT2D eigenvalue weighted by molar-refractivity contribution is -0.149. The van der Waals surface area contributed by atoms with Crippen molar-refractivity contribution in [1.29, 1.82) is 0 Å². The zero-order valence-electron chi connectivity index (χ0n) is 19.3. The second kappa shape index (κ2) is 14.2. The van der Waals surface area contributed by atoms with Gasteiger partial charge in [0.25, 0.3) is 5.56 Å². The summed E-state index contributed by atoms with van der Waals surface area (Å²) in [6, 6.07) is 0. The number of carbonyl (C=O) groups is 1. The summed E-state index contributed by atoms with van der Waals surface area (Å²) in [6.07, 6.45) is 8.53. The number of hydrogen-bond acceptors (Lipinski definition) is 6. The number of nitrogens with one attached hydrogen (secondary N) is 1. The minimum atomic E-state index is -1.36. The van der Waals surface area contributed by atoms with E-state index in [0.717, 1.165) is 32.3 Å². The van der Waals surface area contributed by atoms with E-state index in [9.17, 15) is 18.8 Å². The van der Waals surface area contributed by atoms with Crippen LogP contribution in [0.15, 0.2) is 15.8 Å². The Bertz CT molecular complexity index is 808. The van der Waals surface area contributed by atoms with Gasteiger partial charge in [-0.1, -0.05) is 44.9 Å². The van der Waals surface area contributed by atoms with Crippen LogP contribution in [-0.2, 0) is 19.0 Å². The Morgan fingerprint density at radius 2 is 1.75 bits per heavy atom. The fourth-order valence-electron chi connectivity index (χ4n) is 3.81. The average Bonchev–Trinajstić information content (AvgIpc) is 3.13. The highest BCUT2D eigenvalue weighted by molar-refractivity contribution is 5.69. The van der Waals surface area contributed by atoms with Gasteiger partial charge in [0.1, 0.15) is 25.1 Å². The van der Waals surface area contributed by atoms with E-state index in [-0.39, 0.29) is 19.0 Å². The summed E-state index contributed by atoms with van der Waals surface area (Å²) < 4.78 is 31.3. The molecular weight excluding hydrogens is 419 g/mol. The lowest BCUT2D eigenvalue weighted by Gasteiger charge is -2.16. The zero-order chi connectivity index (χ0) is 23.3. The molecule has 0 bridgehead atoms. The molecule has 1 aliphatic heterocycles. The van der Waals surface area contributed by atoms with Crippen LogP contribution in [0, 0.1) is 6.92 Å². The predicted molar refractivity (Wildman–Crippen MR) is 118 cm³/mol. The molecule has 0 saturated carbocycles. The van der Waals surface area contributed by atoms with Crippen molar-refractivity contribution in [1.82, 2.24) is 9.55 Å². The van der Waals surface area contributed by atoms with Gasteiger partial charge in [-0.2, -0.15) is 0 Å². The molecule has 1 fully saturated rings. The van der Waals surface area contributed by atoms with Gasteiger partial charge < -0.3 is 14.2 Å². The molecule has 182 valence electrons. The molecule has 0 unspecified atom stereocenters. The third kappa shape index (κ3) is 8.86. The molecule has 9 heteroatoms. The van der Waals surface area contributed by atoms with Crippen molar-refractivity contribution in [3.63, 3.8) is 0 Å². The molecule has 2 heterocycles. The highest BCUT2D eigenvalue weighted by Crippen LogP contribution is 2.30. The zero-order valence-corrected chi connectivity index (χ0v) is 19.3. The van der Waals surface area contributed by atoms with E-state index in [0.29, 0.717) is 12.0 Å². The summed E-state index contributed by atoms with van der Waals surface area (Å²) in [5, 5.41) is 0. The van der Waals surface area contributed by atoms with E-state index >= 15 is 0 Å². The molecule has 2 rings (SSSR count). The Morgan fingerprint density at radius 3 is 2.41 bits per heavy atom. The molecule has 1 N–H and O–H groups in total. The third-order valence-electron chi connectivity index (χ3n) is 5.76. The average molecular weight is 457 g/mol. The van der Waals surface area contributed by atoms with Crippen LogP contribution in [0.3, 0.4) is 0 Å². The summed E-state index contributed by atoms with van der Waals surface area (Å²) in [7, 11) is 1.73. The fourth-order valence-corrected chi connectivity index (χ4v) is 3.81. The monoisotopic (exact) mass is 456 g/mol. The molecule has 1 saturated heterocycles. The number of alkyl halides is 1. The van der Waals surface area contributed by atoms with Gasteiger partial charge in [-0.25, -0.2) is 9.18 Å². The molecule has 8 nitrogen and oxygen atoms in total. The van der Waals surface area contributed by atoms with E-state index in [1.807, 2.05) is 0 Å². The van der Waals surface area contributed by atoms with Crippen molar-refractivity contribution >= 4 is 5.97 Å². The number of methoxy groups -OCH3 is 1. The molecule has 0 aromatic carbocycles. The summed E-state index contributed by atoms with van der Waals surface area (Å²) in [5.41, 5.74) is -0.799. The molecule has 0 aliphatic carbocycles. The standard InChI is InChI=1S/C23H37FN2O6/c1-17-15-26(23(29)25-22(17)28)20-14-18(24)19(32-20)16-31-21(27)12-10-8-6-4-3-5-7-9-11-13-30-2/h15,18-20H,3-14,16H2,1-2H3,(H,25,28,29)/t18-,19+,20+/m0/s1. The topological polar surface area (TPSA) is 99.6 Å². The Kier molecular flexibility index (Phi) is 11.7. The number of carbonyl (C=O) groups excluding carboxylic acids is 1. The number of ether oxygens (including phenoxy) is 3. The maximum absolute atomic E-state index is 14.3. The SMILES string of the molecule is COCCCCCCCCCCCC(=O)OC[C@H]1O[C@@H](n2cc(C)c(=O)[nH]c2=O)C[C@@H]1F. The van der Waals surface area contributed by atoms with Crippen LogP contribution in [0.4, 0.5) is 4.39 Å². The molecular formula is C23H37FN2O6. The third-order valence-corrected chi connectivity index (χ3v) is 5.76. The van der Waals surface area contributed by atoms with E-state index in [4.69, 9.17) is 14.2 Å². The van der Waals surface area contributed by atoms with Gasteiger partial charge in [-0.15, -0.1) is 0 Å². The first-order chi connectivity index (χ1) is 15.4. The molecule has 0 spiro atoms. The van der Waals surface area contributed by atoms with Crippen LogP contribution < -0.4 is 11.2 Å². The van der Waals surface area contributed by atoms with Crippen molar-refractivity contribution in [3.8, 4) is 0 Å². The first-order valence-electron chi connectivity index (χ1n) is 11.7. The Hall–Kier alpha value is -2.00. The Balaban J connectivity index is 1.57. The van der Waals surface area contributed by atoms with Crippen molar-refractivity contribution in [2.45, 2.75) is 96.1 Å². The number of H-pyrrole nitrogens is 1. The summed E-state index contributed by atoms with van der Waals surface area (Å²) >= 11 is 0. The number of hydrogen-bond donors (Lipinski definition) is 1. The maximum atomic E-state index is 14.3. The number of aryl methyl sites for hydroxylation is 1. The second-order valence-corrected chi connectivity index (χ2v) is 8.47. The first kappa shape index (κ1) is 26.3. The molecule has 1 aromatic rings. The van der Waals surface area contributed by atoms with E-state index in [2.05, 4.69) is 4.98 Å². The summed E-state index contributed by atoms with van der Waals surface area (Å²) in [6.45, 7) is 2.21. The molecule has 1 aromatic heterocycles. The number of esters is 1. The highest BCUT2D eigenvalue weighted by Gasteiger charge is 2.37. The van der Waals surface area contributed by atoms with Gasteiger partial charge in [-0.3, -0.25) is 19.1 Å². The van der Waals surface area contributed by atoms with Gasteiger partial charge >= 0.3 is 11.7 Å². The van der Waals surface area contributed by atoms with Crippen molar-refractivity contribution in [2.75, 3.05) is 20.3 Å². The minimum Gasteiger partial charge on any atom is -0.463 e. The van der Waals surface area contributed by atoms with Gasteiger partial charge in [0, 0.05) is 38.3 Å². The number of aromatic nitrogens is 2. The van der Waals surface area contributed by atoms with Crippen molar-refractivity contribution in [2.24, 2.45) is 0 Å². The van der Waals surface area contributed by atoms with Gasteiger partial charge in [-0.05, 0) is 19.8 Å². The van der Waals surface area contributed by atoms with E-state index in [1.165, 1.54) is 42.9 Å². The lowest BCUT2D eigenvalue weighted by atomic mass is 10.1. The number of aromatic amines is 1. The van der Waals surface area contributed by atoms with Gasteiger partial charge in [0.15, 0.2) is 0 Å². The number of halogens is 1. The maximum Gasteiger partial charge on any atom is 0.330 e. The van der Waals surface area contributed by atoms with Crippen LogP contribution in [0.1, 0.15) is 82.4 Å². The van der Waals surface area contributed by atoms with Gasteiger partial charge in [0.05, 0.1) is 0 Å². The normalized spacial score (nSPS) is 20.5. The molecule has 0 amide bonds. The van der Waals surface area contributed by atoms with Crippen molar-refractivity contribution < 1.29 is 23.4 Å². The largest absolute Gasteiger partial charge is 0.463 e. The predicted octanol–water partition coefficient (Wildman–Crippen LogP) is 3.56. The molecule has 32 heavy (non-hydrogen) atoms. The van der Waals surface area contributed by atoms with Gasteiger partial charge in [0.2, 0.25) is 0 Å². The van der Waals surface area contributed by atoms with Crippen LogP contribution in [-0.4, -0.2) is 48.1 Å². The lowest BCUT2D eigenvalue weighted by Crippen LogP contribution is -2.33. The number of nitrogens with zero attached hydrogens (tertiary/aromatic N) is 1. The first-order valence-corrected chi connectivity index (χ1v) is 11.7. The minimum absolute atomic E-state index is 0.0417. The Morgan fingerprint density at radius 1 is 1.12 bits per heavy atom. The molecule has 3 atom stereocenters. The summed E-state index contributed by atoms with van der Waals surface area (Å²) in [5.74, 6) is -0.362. The number of unbranched alkanes of at least 4 members (excludes halogenated alkanes) is 8. The van der Waals surface area contributed by atoms with Crippen LogP contribution in [0.25, 0.3) is 0 Å². The summed E-state index contributed by atoms with van der Waals surface area (Å²) in [4.78, 5) is 37.6. The molecule has 1 aliphatic rings. The number of rotatable bonds is 15. The van der Waals surface area contributed by atoms with E-state index in [1.54, 1.807) is 14.0 Å². The molecule has 0 radical (unpaired) electrons. The van der Waals surface area contributed by atoms with Crippen LogP contribution in [0.5, 0.6) is 0 Å². The van der Waals surface area contributed by atoms with Crippen LogP contribution >= 0.6 is 0 Å². The van der Waals surface area contributed by atoms with Crippen LogP contribution in [0.2, 0.25) is 0 Å². The Labute approximate surface area is 188 Å². The highest BCUT2D eigenvalue weighted by atomic mass is 19.1. The van der Waals surface area contributed by atoms with Crippen molar-refractivity contribution in [3.05, 3.63) is 32.6 Å². The smallest absolute Gasteiger partial charge is 0.330 e. The van der Waals surface area contributed by atoms with E-state index < -0.39 is 29.8 Å².